The Morgan fingerprint density at radius 1 is 1.32 bits per heavy atom. The molecule has 2 aliphatic rings. The maximum Gasteiger partial charge on any atom is 0.211 e. The van der Waals surface area contributed by atoms with Gasteiger partial charge in [0.25, 0.3) is 0 Å². The van der Waals surface area contributed by atoms with Crippen LogP contribution in [0.25, 0.3) is 0 Å². The minimum absolute atomic E-state index is 0.218. The van der Waals surface area contributed by atoms with Gasteiger partial charge in [0.15, 0.2) is 0 Å². The fraction of sp³-hybridized carbons (Fsp3) is 1.00. The van der Waals surface area contributed by atoms with E-state index in [4.69, 9.17) is 4.74 Å². The minimum atomic E-state index is -3.15. The van der Waals surface area contributed by atoms with Gasteiger partial charge in [0.1, 0.15) is 0 Å². The summed E-state index contributed by atoms with van der Waals surface area (Å²) in [7, 11) is -3.15. The summed E-state index contributed by atoms with van der Waals surface area (Å²) in [5.41, 5.74) is -0.305. The highest BCUT2D eigenvalue weighted by Gasteiger charge is 2.30. The SMILES string of the molecule is CC1(CNS(=O)(=O)CCCCNC2CC2)CCCO1. The second-order valence-corrected chi connectivity index (χ2v) is 7.90. The van der Waals surface area contributed by atoms with Crippen molar-refractivity contribution < 1.29 is 13.2 Å². The van der Waals surface area contributed by atoms with Gasteiger partial charge in [-0.05, 0) is 52.0 Å². The average molecular weight is 290 g/mol. The maximum absolute atomic E-state index is 11.9. The second-order valence-electron chi connectivity index (χ2n) is 5.98. The van der Waals surface area contributed by atoms with Gasteiger partial charge in [-0.1, -0.05) is 0 Å². The van der Waals surface area contributed by atoms with Crippen molar-refractivity contribution in [1.29, 1.82) is 0 Å². The van der Waals surface area contributed by atoms with Crippen molar-refractivity contribution in [2.24, 2.45) is 0 Å². The van der Waals surface area contributed by atoms with Gasteiger partial charge in [-0.15, -0.1) is 0 Å². The highest BCUT2D eigenvalue weighted by atomic mass is 32.2. The Balaban J connectivity index is 1.57. The number of rotatable bonds is 9. The summed E-state index contributed by atoms with van der Waals surface area (Å²) in [6, 6.07) is 0.703. The van der Waals surface area contributed by atoms with Crippen molar-refractivity contribution in [3.05, 3.63) is 0 Å². The molecule has 0 radical (unpaired) electrons. The number of sulfonamides is 1. The van der Waals surface area contributed by atoms with Gasteiger partial charge in [-0.3, -0.25) is 0 Å². The summed E-state index contributed by atoms with van der Waals surface area (Å²) in [6.07, 6.45) is 6.14. The molecule has 0 amide bonds. The largest absolute Gasteiger partial charge is 0.374 e. The minimum Gasteiger partial charge on any atom is -0.374 e. The molecule has 6 heteroatoms. The highest BCUT2D eigenvalue weighted by Crippen LogP contribution is 2.24. The van der Waals surface area contributed by atoms with Crippen molar-refractivity contribution in [3.8, 4) is 0 Å². The summed E-state index contributed by atoms with van der Waals surface area (Å²) in [5.74, 6) is 0.218. The zero-order valence-electron chi connectivity index (χ0n) is 11.8. The van der Waals surface area contributed by atoms with Crippen LogP contribution in [0.1, 0.15) is 45.4 Å². The third kappa shape index (κ3) is 5.77. The molecule has 0 aromatic heterocycles. The van der Waals surface area contributed by atoms with Crippen molar-refractivity contribution in [2.75, 3.05) is 25.4 Å². The molecule has 2 N–H and O–H groups in total. The number of unbranched alkanes of at least 4 members (excludes halogenated alkanes) is 1. The van der Waals surface area contributed by atoms with Crippen molar-refractivity contribution in [3.63, 3.8) is 0 Å². The first-order chi connectivity index (χ1) is 8.99. The van der Waals surface area contributed by atoms with Crippen LogP contribution < -0.4 is 10.0 Å². The zero-order valence-corrected chi connectivity index (χ0v) is 12.6. The van der Waals surface area contributed by atoms with Crippen LogP contribution in [-0.2, 0) is 14.8 Å². The van der Waals surface area contributed by atoms with E-state index < -0.39 is 10.0 Å². The maximum atomic E-state index is 11.9. The van der Waals surface area contributed by atoms with Gasteiger partial charge in [-0.25, -0.2) is 13.1 Å². The van der Waals surface area contributed by atoms with Crippen LogP contribution in [0.3, 0.4) is 0 Å². The van der Waals surface area contributed by atoms with Crippen LogP contribution in [-0.4, -0.2) is 45.5 Å². The van der Waals surface area contributed by atoms with Crippen molar-refractivity contribution in [2.45, 2.75) is 57.1 Å². The van der Waals surface area contributed by atoms with E-state index in [9.17, 15) is 8.42 Å². The van der Waals surface area contributed by atoms with E-state index in [0.717, 1.165) is 32.4 Å². The van der Waals surface area contributed by atoms with Crippen LogP contribution in [0, 0.1) is 0 Å². The van der Waals surface area contributed by atoms with Gasteiger partial charge in [0, 0.05) is 19.2 Å². The quantitative estimate of drug-likeness (QED) is 0.622. The molecule has 0 aromatic rings. The zero-order chi connectivity index (χ0) is 13.8. The fourth-order valence-electron chi connectivity index (χ4n) is 2.32. The van der Waals surface area contributed by atoms with Crippen LogP contribution in [0.4, 0.5) is 0 Å². The molecule has 1 saturated carbocycles. The molecular weight excluding hydrogens is 264 g/mol. The lowest BCUT2D eigenvalue weighted by atomic mass is 10.0. The molecule has 0 aromatic carbocycles. The normalized spacial score (nSPS) is 27.8. The van der Waals surface area contributed by atoms with E-state index in [0.29, 0.717) is 19.0 Å². The van der Waals surface area contributed by atoms with E-state index in [1.54, 1.807) is 0 Å². The summed E-state index contributed by atoms with van der Waals surface area (Å²) in [4.78, 5) is 0. The Labute approximate surface area is 116 Å². The Morgan fingerprint density at radius 2 is 2.11 bits per heavy atom. The molecule has 0 bridgehead atoms. The molecule has 1 saturated heterocycles. The number of hydrogen-bond acceptors (Lipinski definition) is 4. The van der Waals surface area contributed by atoms with E-state index in [1.807, 2.05) is 6.92 Å². The van der Waals surface area contributed by atoms with E-state index in [-0.39, 0.29) is 11.4 Å². The predicted octanol–water partition coefficient (Wildman–Crippen LogP) is 1.01. The molecule has 2 fully saturated rings. The molecule has 112 valence electrons. The van der Waals surface area contributed by atoms with Gasteiger partial charge >= 0.3 is 0 Å². The molecule has 1 aliphatic heterocycles. The Morgan fingerprint density at radius 3 is 2.74 bits per heavy atom. The van der Waals surface area contributed by atoms with Gasteiger partial charge in [-0.2, -0.15) is 0 Å². The molecule has 1 heterocycles. The van der Waals surface area contributed by atoms with Crippen LogP contribution >= 0.6 is 0 Å². The fourth-order valence-corrected chi connectivity index (χ4v) is 3.58. The lowest BCUT2D eigenvalue weighted by Crippen LogP contribution is -2.41. The number of hydrogen-bond donors (Lipinski definition) is 2. The van der Waals surface area contributed by atoms with Gasteiger partial charge in [0.2, 0.25) is 10.0 Å². The summed E-state index contributed by atoms with van der Waals surface area (Å²) < 4.78 is 32.0. The smallest absolute Gasteiger partial charge is 0.211 e. The third-order valence-electron chi connectivity index (χ3n) is 3.82. The average Bonchev–Trinajstić information content (AvgIpc) is 3.08. The van der Waals surface area contributed by atoms with Crippen molar-refractivity contribution >= 4 is 10.0 Å². The highest BCUT2D eigenvalue weighted by molar-refractivity contribution is 7.89. The van der Waals surface area contributed by atoms with Gasteiger partial charge in [0.05, 0.1) is 11.4 Å². The standard InChI is InChI=1S/C13H26N2O3S/c1-13(7-4-9-18-13)11-15-19(16,17)10-3-2-8-14-12-5-6-12/h12,14-15H,2-11H2,1H3. The molecule has 5 nitrogen and oxygen atoms in total. The van der Waals surface area contributed by atoms with Crippen LogP contribution in [0.15, 0.2) is 0 Å². The number of ether oxygens (including phenoxy) is 1. The molecule has 1 atom stereocenters. The summed E-state index contributed by atoms with van der Waals surface area (Å²) >= 11 is 0. The first-order valence-corrected chi connectivity index (χ1v) is 8.99. The Bertz CT molecular complexity index is 373. The predicted molar refractivity (Wildman–Crippen MR) is 75.6 cm³/mol. The molecular formula is C13H26N2O3S. The molecule has 2 rings (SSSR count). The molecule has 1 unspecified atom stereocenters. The van der Waals surface area contributed by atoms with E-state index >= 15 is 0 Å². The topological polar surface area (TPSA) is 67.4 Å². The number of nitrogens with one attached hydrogen (secondary N) is 2. The Hall–Kier alpha value is -0.170. The second kappa shape index (κ2) is 6.52. The first kappa shape index (κ1) is 15.2. The lowest BCUT2D eigenvalue weighted by Gasteiger charge is -2.23. The summed E-state index contributed by atoms with van der Waals surface area (Å²) in [6.45, 7) is 4.05. The van der Waals surface area contributed by atoms with Crippen LogP contribution in [0.5, 0.6) is 0 Å². The third-order valence-corrected chi connectivity index (χ3v) is 5.23. The lowest BCUT2D eigenvalue weighted by molar-refractivity contribution is 0.0250. The Kier molecular flexibility index (Phi) is 5.22. The monoisotopic (exact) mass is 290 g/mol. The summed E-state index contributed by atoms with van der Waals surface area (Å²) in [5, 5.41) is 3.39. The van der Waals surface area contributed by atoms with Gasteiger partial charge < -0.3 is 10.1 Å². The van der Waals surface area contributed by atoms with Crippen LogP contribution in [0.2, 0.25) is 0 Å². The van der Waals surface area contributed by atoms with E-state index in [2.05, 4.69) is 10.0 Å². The first-order valence-electron chi connectivity index (χ1n) is 7.34. The molecule has 19 heavy (non-hydrogen) atoms. The molecule has 1 aliphatic carbocycles. The van der Waals surface area contributed by atoms with Crippen molar-refractivity contribution in [1.82, 2.24) is 10.0 Å². The van der Waals surface area contributed by atoms with E-state index in [1.165, 1.54) is 12.8 Å². The molecule has 0 spiro atoms.